The van der Waals surface area contributed by atoms with E-state index in [-0.39, 0.29) is 18.5 Å². The second-order valence-corrected chi connectivity index (χ2v) is 5.61. The molecule has 0 aliphatic carbocycles. The lowest BCUT2D eigenvalue weighted by molar-refractivity contribution is -0.146. The Morgan fingerprint density at radius 1 is 1.05 bits per heavy atom. The van der Waals surface area contributed by atoms with Crippen LogP contribution < -0.4 is 0 Å². The number of carbonyl (C=O) groups is 1. The molecule has 0 amide bonds. The molecule has 1 atom stereocenters. The molecule has 0 aliphatic heterocycles. The van der Waals surface area contributed by atoms with Crippen LogP contribution in [0.4, 0.5) is 0 Å². The number of ether oxygens (including phenoxy) is 1. The third kappa shape index (κ3) is 10.5. The summed E-state index contributed by atoms with van der Waals surface area (Å²) in [4.78, 5) is 12.0. The summed E-state index contributed by atoms with van der Waals surface area (Å²) in [7, 11) is 0. The first kappa shape index (κ1) is 20.2. The molecule has 0 radical (unpaired) electrons. The molecular weight excluding hydrogens is 264 g/mol. The molecule has 0 aromatic rings. The van der Waals surface area contributed by atoms with E-state index in [2.05, 4.69) is 19.9 Å². The number of esters is 1. The molecule has 0 saturated carbocycles. The average molecular weight is 298 g/mol. The van der Waals surface area contributed by atoms with Gasteiger partial charge in [0, 0.05) is 6.61 Å². The first-order valence-electron chi connectivity index (χ1n) is 8.66. The zero-order valence-corrected chi connectivity index (χ0v) is 14.2. The van der Waals surface area contributed by atoms with Gasteiger partial charge in [-0.2, -0.15) is 0 Å². The van der Waals surface area contributed by atoms with E-state index in [0.717, 1.165) is 12.8 Å². The van der Waals surface area contributed by atoms with Gasteiger partial charge in [0.2, 0.25) is 0 Å². The summed E-state index contributed by atoms with van der Waals surface area (Å²) in [5.74, 6) is -0.483. The minimum atomic E-state index is -0.284. The molecule has 0 heterocycles. The number of aliphatic hydroxyl groups excluding tert-OH is 1. The summed E-state index contributed by atoms with van der Waals surface area (Å²) in [6.07, 6.45) is 11.9. The second-order valence-electron chi connectivity index (χ2n) is 5.61. The van der Waals surface area contributed by atoms with Crippen LogP contribution in [0, 0.1) is 5.92 Å². The van der Waals surface area contributed by atoms with Crippen LogP contribution >= 0.6 is 0 Å². The summed E-state index contributed by atoms with van der Waals surface area (Å²) >= 11 is 0. The highest BCUT2D eigenvalue weighted by atomic mass is 16.5. The van der Waals surface area contributed by atoms with Crippen LogP contribution in [-0.4, -0.2) is 24.3 Å². The minimum Gasteiger partial charge on any atom is -0.466 e. The van der Waals surface area contributed by atoms with E-state index in [1.165, 1.54) is 44.1 Å². The van der Waals surface area contributed by atoms with E-state index < -0.39 is 0 Å². The Kier molecular flexibility index (Phi) is 13.6. The van der Waals surface area contributed by atoms with Crippen molar-refractivity contribution in [2.45, 2.75) is 78.6 Å². The fraction of sp³-hybridized carbons (Fsp3) is 0.833. The van der Waals surface area contributed by atoms with Crippen molar-refractivity contribution in [2.24, 2.45) is 5.92 Å². The fourth-order valence-electron chi connectivity index (χ4n) is 2.44. The van der Waals surface area contributed by atoms with Crippen LogP contribution in [0.25, 0.3) is 0 Å². The molecular formula is C18H34O3. The highest BCUT2D eigenvalue weighted by Crippen LogP contribution is 2.21. The predicted molar refractivity (Wildman–Crippen MR) is 88.2 cm³/mol. The van der Waals surface area contributed by atoms with Crippen LogP contribution in [-0.2, 0) is 9.53 Å². The van der Waals surface area contributed by atoms with Gasteiger partial charge in [0.05, 0.1) is 12.5 Å². The molecule has 124 valence electrons. The first-order chi connectivity index (χ1) is 10.2. The summed E-state index contributed by atoms with van der Waals surface area (Å²) in [5, 5.41) is 9.16. The molecule has 0 saturated heterocycles. The van der Waals surface area contributed by atoms with Gasteiger partial charge >= 0.3 is 5.97 Å². The third-order valence-electron chi connectivity index (χ3n) is 3.67. The second kappa shape index (κ2) is 14.1. The minimum absolute atomic E-state index is 0.0250. The molecule has 3 nitrogen and oxygen atoms in total. The highest BCUT2D eigenvalue weighted by molar-refractivity contribution is 5.74. The zero-order chi connectivity index (χ0) is 15.9. The highest BCUT2D eigenvalue weighted by Gasteiger charge is 2.17. The molecule has 0 aromatic carbocycles. The Bertz CT molecular complexity index is 272. The van der Waals surface area contributed by atoms with E-state index in [4.69, 9.17) is 9.84 Å². The van der Waals surface area contributed by atoms with Crippen LogP contribution in [0.15, 0.2) is 11.6 Å². The molecule has 0 aliphatic rings. The summed E-state index contributed by atoms with van der Waals surface area (Å²) in [6.45, 7) is 6.65. The smallest absolute Gasteiger partial charge is 0.312 e. The largest absolute Gasteiger partial charge is 0.466 e. The number of hydrogen-bond donors (Lipinski definition) is 1. The Balaban J connectivity index is 4.70. The summed E-state index contributed by atoms with van der Waals surface area (Å²) in [6, 6.07) is 0. The van der Waals surface area contributed by atoms with E-state index >= 15 is 0 Å². The maximum atomic E-state index is 12.0. The number of aliphatic hydroxyl groups is 1. The molecule has 1 unspecified atom stereocenters. The molecule has 0 bridgehead atoms. The number of unbranched alkanes of at least 4 members (excludes halogenated alkanes) is 4. The Hall–Kier alpha value is -0.830. The standard InChI is InChI=1S/C18H34O3/c1-4-7-9-11-16(12-10-8-5-2)15-17(13-14-19)18(20)21-6-3/h15,17,19H,4-14H2,1-3H3. The van der Waals surface area contributed by atoms with Crippen LogP contribution in [0.1, 0.15) is 78.6 Å². The molecule has 1 N–H and O–H groups in total. The molecule has 0 aromatic heterocycles. The molecule has 3 heteroatoms. The van der Waals surface area contributed by atoms with E-state index in [1.54, 1.807) is 0 Å². The van der Waals surface area contributed by atoms with Crippen LogP contribution in [0.3, 0.4) is 0 Å². The van der Waals surface area contributed by atoms with Gasteiger partial charge in [-0.25, -0.2) is 0 Å². The SMILES string of the molecule is CCCCCC(=CC(CCO)C(=O)OCC)CCCCC. The van der Waals surface area contributed by atoms with Gasteiger partial charge in [-0.15, -0.1) is 0 Å². The lowest BCUT2D eigenvalue weighted by Gasteiger charge is -2.14. The fourth-order valence-corrected chi connectivity index (χ4v) is 2.44. The van der Waals surface area contributed by atoms with Crippen LogP contribution in [0.2, 0.25) is 0 Å². The topological polar surface area (TPSA) is 46.5 Å². The van der Waals surface area contributed by atoms with Gasteiger partial charge in [0.15, 0.2) is 0 Å². The van der Waals surface area contributed by atoms with E-state index in [1.807, 2.05) is 6.92 Å². The monoisotopic (exact) mass is 298 g/mol. The van der Waals surface area contributed by atoms with E-state index in [9.17, 15) is 4.79 Å². The number of hydrogen-bond acceptors (Lipinski definition) is 3. The summed E-state index contributed by atoms with van der Waals surface area (Å²) < 4.78 is 5.11. The van der Waals surface area contributed by atoms with Gasteiger partial charge in [-0.3, -0.25) is 4.79 Å². The van der Waals surface area contributed by atoms with Crippen molar-refractivity contribution in [3.63, 3.8) is 0 Å². The molecule has 0 rings (SSSR count). The van der Waals surface area contributed by atoms with Gasteiger partial charge in [-0.1, -0.05) is 51.2 Å². The average Bonchev–Trinajstić information content (AvgIpc) is 2.47. The molecule has 0 fully saturated rings. The quantitative estimate of drug-likeness (QED) is 0.306. The lowest BCUT2D eigenvalue weighted by atomic mass is 9.95. The zero-order valence-electron chi connectivity index (χ0n) is 14.2. The van der Waals surface area contributed by atoms with Gasteiger partial charge < -0.3 is 9.84 Å². The van der Waals surface area contributed by atoms with Crippen molar-refractivity contribution in [2.75, 3.05) is 13.2 Å². The normalized spacial score (nSPS) is 12.0. The molecule has 0 spiro atoms. The van der Waals surface area contributed by atoms with Crippen molar-refractivity contribution in [1.29, 1.82) is 0 Å². The Morgan fingerprint density at radius 2 is 1.62 bits per heavy atom. The van der Waals surface area contributed by atoms with E-state index in [0.29, 0.717) is 13.0 Å². The van der Waals surface area contributed by atoms with Crippen molar-refractivity contribution >= 4 is 5.97 Å². The maximum Gasteiger partial charge on any atom is 0.312 e. The third-order valence-corrected chi connectivity index (χ3v) is 3.67. The number of allylic oxidation sites excluding steroid dienone is 1. The Labute approximate surface area is 130 Å². The number of carbonyl (C=O) groups excluding carboxylic acids is 1. The van der Waals surface area contributed by atoms with Gasteiger partial charge in [0.25, 0.3) is 0 Å². The lowest BCUT2D eigenvalue weighted by Crippen LogP contribution is -2.17. The van der Waals surface area contributed by atoms with Crippen molar-refractivity contribution in [3.05, 3.63) is 11.6 Å². The first-order valence-corrected chi connectivity index (χ1v) is 8.66. The predicted octanol–water partition coefficient (Wildman–Crippen LogP) is 4.64. The van der Waals surface area contributed by atoms with Crippen molar-refractivity contribution in [1.82, 2.24) is 0 Å². The van der Waals surface area contributed by atoms with Crippen LogP contribution in [0.5, 0.6) is 0 Å². The summed E-state index contributed by atoms with van der Waals surface area (Å²) in [5.41, 5.74) is 1.36. The number of rotatable bonds is 13. The van der Waals surface area contributed by atoms with Gasteiger partial charge in [0.1, 0.15) is 0 Å². The maximum absolute atomic E-state index is 12.0. The van der Waals surface area contributed by atoms with Crippen molar-refractivity contribution < 1.29 is 14.6 Å². The molecule has 21 heavy (non-hydrogen) atoms. The van der Waals surface area contributed by atoms with Crippen molar-refractivity contribution in [3.8, 4) is 0 Å². The Morgan fingerprint density at radius 3 is 2.05 bits per heavy atom. The van der Waals surface area contributed by atoms with Gasteiger partial charge in [-0.05, 0) is 39.0 Å².